The second kappa shape index (κ2) is 8.24. The van der Waals surface area contributed by atoms with Crippen LogP contribution in [0.25, 0.3) is 0 Å². The van der Waals surface area contributed by atoms with Gasteiger partial charge in [-0.2, -0.15) is 4.31 Å². The maximum Gasteiger partial charge on any atom is 0.265 e. The molecule has 2 aliphatic heterocycles. The minimum Gasteiger partial charge on any atom is -0.373 e. The molecule has 0 radical (unpaired) electrons. The van der Waals surface area contributed by atoms with Crippen molar-refractivity contribution in [3.63, 3.8) is 0 Å². The number of hydrogen-bond acceptors (Lipinski definition) is 5. The first-order valence-corrected chi connectivity index (χ1v) is 10.8. The van der Waals surface area contributed by atoms with E-state index in [4.69, 9.17) is 4.74 Å². The van der Waals surface area contributed by atoms with Crippen molar-refractivity contribution >= 4 is 15.9 Å². The Labute approximate surface area is 161 Å². The Kier molecular flexibility index (Phi) is 6.17. The summed E-state index contributed by atoms with van der Waals surface area (Å²) in [6.07, 6.45) is -0.316. The van der Waals surface area contributed by atoms with E-state index < -0.39 is 10.0 Å². The highest BCUT2D eigenvalue weighted by Gasteiger charge is 2.32. The summed E-state index contributed by atoms with van der Waals surface area (Å²) in [5.74, 6) is -0.282. The summed E-state index contributed by atoms with van der Waals surface area (Å²) in [5, 5.41) is 1.89. The normalized spacial score (nSPS) is 26.0. The lowest BCUT2D eigenvalue weighted by molar-refractivity contribution is -0.884. The van der Waals surface area contributed by atoms with Gasteiger partial charge in [-0.25, -0.2) is 13.4 Å². The smallest absolute Gasteiger partial charge is 0.265 e. The fourth-order valence-electron chi connectivity index (χ4n) is 3.48. The first-order chi connectivity index (χ1) is 12.8. The average molecular weight is 398 g/mol. The number of likely N-dealkylation sites (N-methyl/N-ethyl adjacent to an activating group) is 1. The Hall–Kier alpha value is -1.52. The standard InChI is InChI=1S/C18H28N4O4S/c1-14-12-22(13-15(2)26-14)27(24,25)17-6-4-5-16(11-17)18(23)19-21-9-7-20(3)8-10-21/h4-6,11,14-15H,7-10,12-13H2,1-3H3,(H,19,23)/p+1/t14-,15+. The quantitative estimate of drug-likeness (QED) is 0.678. The number of hydrazine groups is 1. The number of nitrogens with one attached hydrogen (secondary N) is 2. The summed E-state index contributed by atoms with van der Waals surface area (Å²) in [5.41, 5.74) is 3.22. The van der Waals surface area contributed by atoms with Gasteiger partial charge in [0.1, 0.15) is 0 Å². The molecule has 0 aromatic heterocycles. The van der Waals surface area contributed by atoms with E-state index >= 15 is 0 Å². The topological polar surface area (TPSA) is 83.4 Å². The summed E-state index contributed by atoms with van der Waals surface area (Å²) in [6, 6.07) is 6.25. The van der Waals surface area contributed by atoms with Gasteiger partial charge in [0, 0.05) is 18.7 Å². The van der Waals surface area contributed by atoms with Crippen molar-refractivity contribution in [2.75, 3.05) is 46.3 Å². The van der Waals surface area contributed by atoms with Crippen LogP contribution in [0.15, 0.2) is 29.2 Å². The van der Waals surface area contributed by atoms with Crippen molar-refractivity contribution in [3.05, 3.63) is 29.8 Å². The van der Waals surface area contributed by atoms with Gasteiger partial charge in [0.05, 0.1) is 50.3 Å². The van der Waals surface area contributed by atoms with Crippen molar-refractivity contribution < 1.29 is 22.8 Å². The Morgan fingerprint density at radius 1 is 1.19 bits per heavy atom. The van der Waals surface area contributed by atoms with Crippen molar-refractivity contribution in [2.24, 2.45) is 0 Å². The number of morpholine rings is 1. The van der Waals surface area contributed by atoms with Crippen molar-refractivity contribution in [1.82, 2.24) is 14.7 Å². The largest absolute Gasteiger partial charge is 0.373 e. The molecule has 9 heteroatoms. The van der Waals surface area contributed by atoms with Gasteiger partial charge in [-0.1, -0.05) is 6.07 Å². The molecule has 0 bridgehead atoms. The molecule has 2 heterocycles. The van der Waals surface area contributed by atoms with Crippen LogP contribution in [0.3, 0.4) is 0 Å². The highest BCUT2D eigenvalue weighted by Crippen LogP contribution is 2.22. The molecule has 8 nitrogen and oxygen atoms in total. The third-order valence-corrected chi connectivity index (χ3v) is 6.82. The summed E-state index contributed by atoms with van der Waals surface area (Å²) in [6.45, 7) is 7.82. The molecule has 2 aliphatic rings. The van der Waals surface area contributed by atoms with E-state index in [2.05, 4.69) is 12.5 Å². The Bertz CT molecular complexity index is 767. The first-order valence-electron chi connectivity index (χ1n) is 9.38. The molecule has 27 heavy (non-hydrogen) atoms. The molecule has 2 N–H and O–H groups in total. The third-order valence-electron chi connectivity index (χ3n) is 5.00. The van der Waals surface area contributed by atoms with Gasteiger partial charge in [0.25, 0.3) is 5.91 Å². The van der Waals surface area contributed by atoms with Gasteiger partial charge in [-0.15, -0.1) is 0 Å². The Morgan fingerprint density at radius 2 is 1.81 bits per heavy atom. The number of ether oxygens (including phenoxy) is 1. The van der Waals surface area contributed by atoms with Crippen molar-refractivity contribution in [2.45, 2.75) is 31.0 Å². The summed E-state index contributed by atoms with van der Waals surface area (Å²) in [4.78, 5) is 14.1. The molecule has 1 amide bonds. The van der Waals surface area contributed by atoms with Crippen molar-refractivity contribution in [1.29, 1.82) is 0 Å². The number of rotatable bonds is 4. The van der Waals surface area contributed by atoms with Crippen molar-refractivity contribution in [3.8, 4) is 0 Å². The van der Waals surface area contributed by atoms with Crippen LogP contribution in [0.2, 0.25) is 0 Å². The lowest BCUT2D eigenvalue weighted by Gasteiger charge is -2.34. The van der Waals surface area contributed by atoms with E-state index in [0.29, 0.717) is 18.7 Å². The number of piperazine rings is 1. The molecule has 150 valence electrons. The zero-order valence-corrected chi connectivity index (χ0v) is 17.0. The number of sulfonamides is 1. The van der Waals surface area contributed by atoms with Gasteiger partial charge < -0.3 is 9.64 Å². The molecule has 3 rings (SSSR count). The average Bonchev–Trinajstić information content (AvgIpc) is 2.63. The van der Waals surface area contributed by atoms with E-state index in [9.17, 15) is 13.2 Å². The molecule has 0 spiro atoms. The maximum absolute atomic E-state index is 13.0. The van der Waals surface area contributed by atoms with Crippen LogP contribution in [0, 0.1) is 0 Å². The lowest BCUT2D eigenvalue weighted by atomic mass is 10.2. The third kappa shape index (κ3) is 4.85. The van der Waals surface area contributed by atoms with Gasteiger partial charge >= 0.3 is 0 Å². The number of amides is 1. The molecule has 2 atom stereocenters. The van der Waals surface area contributed by atoms with Crippen LogP contribution in [-0.2, 0) is 14.8 Å². The van der Waals surface area contributed by atoms with Gasteiger partial charge in [0.15, 0.2) is 0 Å². The van der Waals surface area contributed by atoms with Crippen LogP contribution < -0.4 is 10.3 Å². The second-order valence-corrected chi connectivity index (χ2v) is 9.43. The number of carbonyl (C=O) groups is 1. The molecule has 2 saturated heterocycles. The molecule has 1 aromatic rings. The summed E-state index contributed by atoms with van der Waals surface area (Å²) >= 11 is 0. The fraction of sp³-hybridized carbons (Fsp3) is 0.611. The van der Waals surface area contributed by atoms with Gasteiger partial charge in [-0.3, -0.25) is 10.2 Å². The molecular formula is C18H29N4O4S+. The molecule has 0 saturated carbocycles. The van der Waals surface area contributed by atoms with E-state index in [1.54, 1.807) is 12.1 Å². The number of quaternary nitrogens is 1. The molecule has 2 fully saturated rings. The zero-order valence-electron chi connectivity index (χ0n) is 16.1. The molecule has 0 unspecified atom stereocenters. The Morgan fingerprint density at radius 3 is 2.44 bits per heavy atom. The first kappa shape index (κ1) is 20.2. The fourth-order valence-corrected chi connectivity index (χ4v) is 5.12. The minimum atomic E-state index is -3.67. The van der Waals surface area contributed by atoms with Gasteiger partial charge in [-0.05, 0) is 32.0 Å². The minimum absolute atomic E-state index is 0.138. The Balaban J connectivity index is 1.73. The predicted octanol–water partition coefficient (Wildman–Crippen LogP) is -1.04. The van der Waals surface area contributed by atoms with E-state index in [1.165, 1.54) is 21.3 Å². The molecule has 1 aromatic carbocycles. The molecule has 0 aliphatic carbocycles. The van der Waals surface area contributed by atoms with E-state index in [0.717, 1.165) is 26.2 Å². The van der Waals surface area contributed by atoms with E-state index in [-0.39, 0.29) is 23.0 Å². The predicted molar refractivity (Wildman–Crippen MR) is 101 cm³/mol. The van der Waals surface area contributed by atoms with Crippen LogP contribution >= 0.6 is 0 Å². The van der Waals surface area contributed by atoms with Crippen LogP contribution in [0.4, 0.5) is 0 Å². The zero-order chi connectivity index (χ0) is 19.6. The number of nitrogens with zero attached hydrogens (tertiary/aromatic N) is 2. The SMILES string of the molecule is C[C@@H]1CN(S(=O)(=O)c2cccc(C(=O)NN3CC[NH+](C)CC3)c2)C[C@H](C)O1. The van der Waals surface area contributed by atoms with E-state index in [1.807, 2.05) is 18.9 Å². The summed E-state index contributed by atoms with van der Waals surface area (Å²) < 4.78 is 33.1. The second-order valence-electron chi connectivity index (χ2n) is 7.49. The highest BCUT2D eigenvalue weighted by atomic mass is 32.2. The lowest BCUT2D eigenvalue weighted by Crippen LogP contribution is -3.12. The highest BCUT2D eigenvalue weighted by molar-refractivity contribution is 7.89. The van der Waals surface area contributed by atoms with Crippen LogP contribution in [0.1, 0.15) is 24.2 Å². The number of hydrogen-bond donors (Lipinski definition) is 2. The van der Waals surface area contributed by atoms with Crippen LogP contribution in [0.5, 0.6) is 0 Å². The maximum atomic E-state index is 13.0. The van der Waals surface area contributed by atoms with Crippen LogP contribution in [-0.4, -0.2) is 82.2 Å². The van der Waals surface area contributed by atoms with Gasteiger partial charge in [0.2, 0.25) is 10.0 Å². The number of carbonyl (C=O) groups excluding carboxylic acids is 1. The monoisotopic (exact) mass is 397 g/mol. The summed E-state index contributed by atoms with van der Waals surface area (Å²) in [7, 11) is -1.54. The molecular weight excluding hydrogens is 368 g/mol. The number of benzene rings is 1.